The van der Waals surface area contributed by atoms with Gasteiger partial charge in [0.1, 0.15) is 0 Å². The summed E-state index contributed by atoms with van der Waals surface area (Å²) in [6, 6.07) is 11.2. The number of rotatable bonds is 6. The van der Waals surface area contributed by atoms with Gasteiger partial charge < -0.3 is 24.8 Å². The molecule has 1 atom stereocenters. The van der Waals surface area contributed by atoms with E-state index in [-0.39, 0.29) is 11.7 Å². The molecule has 2 aromatic carbocycles. The van der Waals surface area contributed by atoms with Crippen LogP contribution < -0.4 is 24.8 Å². The summed E-state index contributed by atoms with van der Waals surface area (Å²) in [4.78, 5) is 27.0. The van der Waals surface area contributed by atoms with Gasteiger partial charge in [0, 0.05) is 40.2 Å². The molecule has 0 bridgehead atoms. The lowest BCUT2D eigenvalue weighted by atomic mass is 9.74. The maximum Gasteiger partial charge on any atom is 0.254 e. The zero-order valence-electron chi connectivity index (χ0n) is 20.2. The number of dihydropyridines is 1. The molecule has 0 unspecified atom stereocenters. The quantitative estimate of drug-likeness (QED) is 0.651. The standard InChI is InChI=1S/C27H30N2O5/c1-15-9-6-7-10-18(15)29-27(31)22-16(2)28-19-11-8-12-20(30)24(19)23(22)17-13-14-21(32-3)26(34-5)25(17)33-4/h6-7,9-10,13-14,23,28H,8,11-12H2,1-5H3,(H,29,31)/t23-/m1/s1. The normalized spacial score (nSPS) is 17.7. The number of anilines is 1. The Kier molecular flexibility index (Phi) is 6.63. The monoisotopic (exact) mass is 462 g/mol. The number of carbonyl (C=O) groups is 2. The smallest absolute Gasteiger partial charge is 0.254 e. The van der Waals surface area contributed by atoms with Crippen LogP contribution in [0.1, 0.15) is 43.2 Å². The number of para-hydroxylation sites is 1. The highest BCUT2D eigenvalue weighted by molar-refractivity contribution is 6.10. The summed E-state index contributed by atoms with van der Waals surface area (Å²) in [5.74, 6) is 0.515. The van der Waals surface area contributed by atoms with E-state index in [4.69, 9.17) is 14.2 Å². The van der Waals surface area contributed by atoms with Gasteiger partial charge in [-0.2, -0.15) is 0 Å². The lowest BCUT2D eigenvalue weighted by Crippen LogP contribution is -2.35. The molecule has 0 saturated carbocycles. The molecule has 4 rings (SSSR count). The molecule has 7 heteroatoms. The number of benzene rings is 2. The molecule has 2 aliphatic rings. The van der Waals surface area contributed by atoms with Crippen LogP contribution >= 0.6 is 0 Å². The minimum atomic E-state index is -0.608. The molecular formula is C27H30N2O5. The highest BCUT2D eigenvalue weighted by atomic mass is 16.5. The van der Waals surface area contributed by atoms with Crippen molar-refractivity contribution < 1.29 is 23.8 Å². The third-order valence-corrected chi connectivity index (χ3v) is 6.46. The summed E-state index contributed by atoms with van der Waals surface area (Å²) >= 11 is 0. The zero-order valence-corrected chi connectivity index (χ0v) is 20.2. The Morgan fingerprint density at radius 3 is 2.38 bits per heavy atom. The molecular weight excluding hydrogens is 432 g/mol. The van der Waals surface area contributed by atoms with E-state index in [1.54, 1.807) is 20.3 Å². The predicted octanol–water partition coefficient (Wildman–Crippen LogP) is 4.63. The fourth-order valence-corrected chi connectivity index (χ4v) is 4.85. The van der Waals surface area contributed by atoms with Crippen molar-refractivity contribution in [3.63, 3.8) is 0 Å². The second-order valence-electron chi connectivity index (χ2n) is 8.46. The number of ether oxygens (including phenoxy) is 3. The molecule has 0 fully saturated rings. The Hall–Kier alpha value is -3.74. The summed E-state index contributed by atoms with van der Waals surface area (Å²) in [5, 5.41) is 6.39. The van der Waals surface area contributed by atoms with Crippen molar-refractivity contribution in [2.75, 3.05) is 26.6 Å². The molecule has 34 heavy (non-hydrogen) atoms. The number of Topliss-reactive ketones (excluding diaryl/α,β-unsaturated/α-hetero) is 1. The van der Waals surface area contributed by atoms with Crippen LogP contribution in [0.3, 0.4) is 0 Å². The number of nitrogens with one attached hydrogen (secondary N) is 2. The lowest BCUT2D eigenvalue weighted by molar-refractivity contribution is -0.116. The van der Waals surface area contributed by atoms with Crippen molar-refractivity contribution in [1.29, 1.82) is 0 Å². The second kappa shape index (κ2) is 9.63. The first-order valence-corrected chi connectivity index (χ1v) is 11.3. The van der Waals surface area contributed by atoms with E-state index in [9.17, 15) is 9.59 Å². The van der Waals surface area contributed by atoms with Crippen LogP contribution in [0, 0.1) is 6.92 Å². The van der Waals surface area contributed by atoms with E-state index >= 15 is 0 Å². The van der Waals surface area contributed by atoms with Crippen LogP contribution in [0.15, 0.2) is 58.9 Å². The van der Waals surface area contributed by atoms with Gasteiger partial charge in [-0.1, -0.05) is 24.3 Å². The van der Waals surface area contributed by atoms with E-state index in [0.717, 1.165) is 29.8 Å². The Balaban J connectivity index is 1.90. The highest BCUT2D eigenvalue weighted by Gasteiger charge is 2.40. The van der Waals surface area contributed by atoms with Gasteiger partial charge in [-0.3, -0.25) is 9.59 Å². The average Bonchev–Trinajstić information content (AvgIpc) is 2.83. The van der Waals surface area contributed by atoms with Gasteiger partial charge in [-0.25, -0.2) is 0 Å². The van der Waals surface area contributed by atoms with E-state index < -0.39 is 5.92 Å². The van der Waals surface area contributed by atoms with Gasteiger partial charge in [-0.15, -0.1) is 0 Å². The topological polar surface area (TPSA) is 85.9 Å². The largest absolute Gasteiger partial charge is 0.493 e. The number of aryl methyl sites for hydroxylation is 1. The lowest BCUT2D eigenvalue weighted by Gasteiger charge is -2.35. The molecule has 1 amide bonds. The molecule has 1 aliphatic heterocycles. The average molecular weight is 463 g/mol. The highest BCUT2D eigenvalue weighted by Crippen LogP contribution is 2.50. The number of allylic oxidation sites excluding steroid dienone is 3. The van der Waals surface area contributed by atoms with Crippen LogP contribution in [0.5, 0.6) is 17.2 Å². The number of hydrogen-bond donors (Lipinski definition) is 2. The molecule has 7 nitrogen and oxygen atoms in total. The third kappa shape index (κ3) is 4.02. The Morgan fingerprint density at radius 2 is 1.71 bits per heavy atom. The molecule has 0 radical (unpaired) electrons. The van der Waals surface area contributed by atoms with Gasteiger partial charge in [0.15, 0.2) is 17.3 Å². The molecule has 0 saturated heterocycles. The number of methoxy groups -OCH3 is 3. The minimum Gasteiger partial charge on any atom is -0.493 e. The second-order valence-corrected chi connectivity index (χ2v) is 8.46. The molecule has 2 aromatic rings. The van der Waals surface area contributed by atoms with E-state index in [2.05, 4.69) is 10.6 Å². The van der Waals surface area contributed by atoms with Crippen molar-refractivity contribution in [2.45, 2.75) is 39.0 Å². The minimum absolute atomic E-state index is 0.0317. The third-order valence-electron chi connectivity index (χ3n) is 6.46. The summed E-state index contributed by atoms with van der Waals surface area (Å²) < 4.78 is 16.8. The van der Waals surface area contributed by atoms with Crippen LogP contribution in [-0.4, -0.2) is 33.0 Å². The number of carbonyl (C=O) groups excluding carboxylic acids is 2. The fourth-order valence-electron chi connectivity index (χ4n) is 4.85. The van der Waals surface area contributed by atoms with Crippen molar-refractivity contribution in [1.82, 2.24) is 5.32 Å². The number of hydrogen-bond acceptors (Lipinski definition) is 6. The first-order valence-electron chi connectivity index (χ1n) is 11.3. The number of amides is 1. The van der Waals surface area contributed by atoms with Gasteiger partial charge in [0.25, 0.3) is 5.91 Å². The molecule has 178 valence electrons. The summed E-state index contributed by atoms with van der Waals surface area (Å²) in [7, 11) is 4.64. The molecule has 1 heterocycles. The van der Waals surface area contributed by atoms with E-state index in [1.807, 2.05) is 44.2 Å². The molecule has 1 aliphatic carbocycles. The summed E-state index contributed by atoms with van der Waals surface area (Å²) in [6.07, 6.45) is 1.97. The Morgan fingerprint density at radius 1 is 0.971 bits per heavy atom. The molecule has 2 N–H and O–H groups in total. The van der Waals surface area contributed by atoms with Crippen LogP contribution in [0.2, 0.25) is 0 Å². The Bertz CT molecular complexity index is 1210. The van der Waals surface area contributed by atoms with Crippen LogP contribution in [-0.2, 0) is 9.59 Å². The Labute approximate surface area is 199 Å². The maximum atomic E-state index is 13.7. The fraction of sp³-hybridized carbons (Fsp3) is 0.333. The first kappa shape index (κ1) is 23.4. The molecule has 0 aromatic heterocycles. The van der Waals surface area contributed by atoms with Gasteiger partial charge >= 0.3 is 0 Å². The van der Waals surface area contributed by atoms with Crippen LogP contribution in [0.25, 0.3) is 0 Å². The first-order chi connectivity index (χ1) is 16.4. The van der Waals surface area contributed by atoms with E-state index in [1.165, 1.54) is 7.11 Å². The zero-order chi connectivity index (χ0) is 24.4. The predicted molar refractivity (Wildman–Crippen MR) is 130 cm³/mol. The van der Waals surface area contributed by atoms with Gasteiger partial charge in [-0.05, 0) is 44.4 Å². The molecule has 0 spiro atoms. The van der Waals surface area contributed by atoms with Gasteiger partial charge in [0.2, 0.25) is 5.75 Å². The van der Waals surface area contributed by atoms with Crippen molar-refractivity contribution in [2.24, 2.45) is 0 Å². The van der Waals surface area contributed by atoms with Crippen molar-refractivity contribution in [3.05, 3.63) is 70.1 Å². The SMILES string of the molecule is COc1ccc([C@@H]2C(C(=O)Nc3ccccc3C)=C(C)NC3=C2C(=O)CCC3)c(OC)c1OC. The van der Waals surface area contributed by atoms with Crippen molar-refractivity contribution >= 4 is 17.4 Å². The maximum absolute atomic E-state index is 13.7. The summed E-state index contributed by atoms with van der Waals surface area (Å²) in [5.41, 5.74) is 5.01. The number of ketones is 1. The van der Waals surface area contributed by atoms with Crippen LogP contribution in [0.4, 0.5) is 5.69 Å². The van der Waals surface area contributed by atoms with Gasteiger partial charge in [0.05, 0.1) is 27.2 Å². The van der Waals surface area contributed by atoms with Crippen molar-refractivity contribution in [3.8, 4) is 17.2 Å². The van der Waals surface area contributed by atoms with E-state index in [0.29, 0.717) is 46.1 Å². The summed E-state index contributed by atoms with van der Waals surface area (Å²) in [6.45, 7) is 3.81.